The van der Waals surface area contributed by atoms with E-state index in [-0.39, 0.29) is 17.6 Å². The van der Waals surface area contributed by atoms with Crippen LogP contribution in [0, 0.1) is 16.7 Å². The number of hydrogen-bond acceptors (Lipinski definition) is 2. The summed E-state index contributed by atoms with van der Waals surface area (Å²) in [6.45, 7) is 18.0. The quantitative estimate of drug-likeness (QED) is 0.676. The average Bonchev–Trinajstić information content (AvgIpc) is 2.66. The zero-order chi connectivity index (χ0) is 18.3. The minimum atomic E-state index is -0.250. The number of carbonyl (C=O) groups excluding carboxylic acids is 1. The highest BCUT2D eigenvalue weighted by molar-refractivity contribution is 6.39. The topological polar surface area (TPSA) is 32.7 Å². The molecule has 1 fully saturated rings. The first-order valence-electron chi connectivity index (χ1n) is 9.76. The van der Waals surface area contributed by atoms with E-state index in [1.807, 2.05) is 6.92 Å². The van der Waals surface area contributed by atoms with E-state index in [1.54, 1.807) is 0 Å². The van der Waals surface area contributed by atoms with E-state index in [1.165, 1.54) is 12.8 Å². The van der Waals surface area contributed by atoms with Gasteiger partial charge in [0.05, 0.1) is 5.71 Å². The van der Waals surface area contributed by atoms with Crippen LogP contribution in [0.25, 0.3) is 0 Å². The molecule has 0 aromatic rings. The molecule has 1 unspecified atom stereocenters. The third-order valence-corrected chi connectivity index (χ3v) is 6.12. The maximum absolute atomic E-state index is 12.8. The van der Waals surface area contributed by atoms with Gasteiger partial charge < -0.3 is 4.90 Å². The Balaban J connectivity index is 2.14. The molecule has 0 N–H and O–H groups in total. The third-order valence-electron chi connectivity index (χ3n) is 6.12. The molecule has 0 aromatic carbocycles. The summed E-state index contributed by atoms with van der Waals surface area (Å²) in [4.78, 5) is 19.9. The molecule has 3 heteroatoms. The number of aliphatic imine (C=N–C) groups is 1. The summed E-state index contributed by atoms with van der Waals surface area (Å²) in [5.74, 6) is 0.909. The van der Waals surface area contributed by atoms with E-state index >= 15 is 0 Å². The highest BCUT2D eigenvalue weighted by atomic mass is 16.2. The molecule has 0 aromatic heterocycles. The van der Waals surface area contributed by atoms with Gasteiger partial charge in [-0.2, -0.15) is 0 Å². The van der Waals surface area contributed by atoms with E-state index in [9.17, 15) is 4.79 Å². The fourth-order valence-corrected chi connectivity index (χ4v) is 4.46. The van der Waals surface area contributed by atoms with E-state index in [0.717, 1.165) is 31.6 Å². The van der Waals surface area contributed by atoms with Crippen LogP contribution in [0.3, 0.4) is 0 Å². The predicted octanol–water partition coefficient (Wildman–Crippen LogP) is 5.44. The molecule has 24 heavy (non-hydrogen) atoms. The number of amides is 1. The molecule has 1 spiro atoms. The zero-order valence-corrected chi connectivity index (χ0v) is 17.2. The molecule has 3 nitrogen and oxygen atoms in total. The van der Waals surface area contributed by atoms with Crippen LogP contribution in [-0.4, -0.2) is 28.2 Å². The Hall–Kier alpha value is -0.860. The van der Waals surface area contributed by atoms with E-state index in [2.05, 4.69) is 53.4 Å². The van der Waals surface area contributed by atoms with Crippen molar-refractivity contribution in [1.82, 2.24) is 4.90 Å². The highest BCUT2D eigenvalue weighted by Crippen LogP contribution is 2.47. The number of hydrogen-bond donors (Lipinski definition) is 0. The molecule has 0 radical (unpaired) electrons. The summed E-state index contributed by atoms with van der Waals surface area (Å²) < 4.78 is 0. The van der Waals surface area contributed by atoms with Crippen molar-refractivity contribution in [3.05, 3.63) is 0 Å². The van der Waals surface area contributed by atoms with Crippen LogP contribution < -0.4 is 0 Å². The van der Waals surface area contributed by atoms with Crippen molar-refractivity contribution in [2.45, 2.75) is 106 Å². The van der Waals surface area contributed by atoms with Gasteiger partial charge in [0.2, 0.25) is 0 Å². The van der Waals surface area contributed by atoms with Gasteiger partial charge in [-0.25, -0.2) is 0 Å². The molecule has 1 aliphatic heterocycles. The monoisotopic (exact) mass is 334 g/mol. The van der Waals surface area contributed by atoms with Crippen LogP contribution in [0.15, 0.2) is 4.99 Å². The Morgan fingerprint density at radius 2 is 1.71 bits per heavy atom. The van der Waals surface area contributed by atoms with Gasteiger partial charge in [0, 0.05) is 6.04 Å². The molecule has 1 aliphatic carbocycles. The van der Waals surface area contributed by atoms with Crippen LogP contribution in [0.1, 0.15) is 93.9 Å². The molecule has 2 aliphatic rings. The van der Waals surface area contributed by atoms with Gasteiger partial charge in [-0.1, -0.05) is 41.5 Å². The third kappa shape index (κ3) is 4.03. The van der Waals surface area contributed by atoms with Crippen LogP contribution in [0.4, 0.5) is 0 Å². The van der Waals surface area contributed by atoms with Crippen molar-refractivity contribution < 1.29 is 4.79 Å². The minimum Gasteiger partial charge on any atom is -0.310 e. The average molecular weight is 335 g/mol. The summed E-state index contributed by atoms with van der Waals surface area (Å²) in [5, 5.41) is 0. The molecule has 1 amide bonds. The normalized spacial score (nSPS) is 30.0. The molecule has 0 bridgehead atoms. The van der Waals surface area contributed by atoms with Crippen molar-refractivity contribution >= 4 is 11.6 Å². The van der Waals surface area contributed by atoms with Crippen molar-refractivity contribution in [3.8, 4) is 0 Å². The smallest absolute Gasteiger partial charge is 0.269 e. The first kappa shape index (κ1) is 19.5. The van der Waals surface area contributed by atoms with Gasteiger partial charge in [0.25, 0.3) is 5.91 Å². The summed E-state index contributed by atoms with van der Waals surface area (Å²) in [6.07, 6.45) is 6.60. The summed E-state index contributed by atoms with van der Waals surface area (Å²) >= 11 is 0. The fourth-order valence-electron chi connectivity index (χ4n) is 4.46. The Bertz CT molecular complexity index is 499. The predicted molar refractivity (Wildman–Crippen MR) is 102 cm³/mol. The Labute approximate surface area is 149 Å². The van der Waals surface area contributed by atoms with Crippen molar-refractivity contribution in [3.63, 3.8) is 0 Å². The Morgan fingerprint density at radius 3 is 2.17 bits per heavy atom. The van der Waals surface area contributed by atoms with Gasteiger partial charge in [-0.3, -0.25) is 9.79 Å². The van der Waals surface area contributed by atoms with Crippen molar-refractivity contribution in [2.24, 2.45) is 21.7 Å². The van der Waals surface area contributed by atoms with Crippen LogP contribution in [-0.2, 0) is 4.79 Å². The SMILES string of the molecule is CC1=NC2(CCC(C(C)(C)C)CC2)N(C(C)CCC(C)(C)C)C1=O. The Kier molecular flexibility index (Phi) is 5.24. The van der Waals surface area contributed by atoms with E-state index < -0.39 is 0 Å². The lowest BCUT2D eigenvalue weighted by Crippen LogP contribution is -2.53. The number of rotatable bonds is 3. The molecule has 0 saturated heterocycles. The first-order valence-corrected chi connectivity index (χ1v) is 9.76. The molecular formula is C21H38N2O. The lowest BCUT2D eigenvalue weighted by Gasteiger charge is -2.47. The molecule has 1 saturated carbocycles. The maximum atomic E-state index is 12.8. The molecule has 1 heterocycles. The molecule has 2 rings (SSSR count). The lowest BCUT2D eigenvalue weighted by atomic mass is 9.69. The molecule has 138 valence electrons. The highest BCUT2D eigenvalue weighted by Gasteiger charge is 2.50. The van der Waals surface area contributed by atoms with Gasteiger partial charge in [0.15, 0.2) is 0 Å². The lowest BCUT2D eigenvalue weighted by molar-refractivity contribution is -0.133. The van der Waals surface area contributed by atoms with Crippen molar-refractivity contribution in [2.75, 3.05) is 0 Å². The van der Waals surface area contributed by atoms with E-state index in [0.29, 0.717) is 16.5 Å². The number of nitrogens with zero attached hydrogens (tertiary/aromatic N) is 2. The van der Waals surface area contributed by atoms with Crippen molar-refractivity contribution in [1.29, 1.82) is 0 Å². The second kappa shape index (κ2) is 6.46. The number of carbonyl (C=O) groups is 1. The summed E-state index contributed by atoms with van der Waals surface area (Å²) in [5.41, 5.74) is 1.13. The minimum absolute atomic E-state index is 0.172. The fraction of sp³-hybridized carbons (Fsp3) is 0.905. The van der Waals surface area contributed by atoms with Gasteiger partial charge >= 0.3 is 0 Å². The van der Waals surface area contributed by atoms with Gasteiger partial charge in [-0.15, -0.1) is 0 Å². The first-order chi connectivity index (χ1) is 10.9. The van der Waals surface area contributed by atoms with E-state index in [4.69, 9.17) is 4.99 Å². The van der Waals surface area contributed by atoms with Gasteiger partial charge in [-0.05, 0) is 69.1 Å². The maximum Gasteiger partial charge on any atom is 0.269 e. The van der Waals surface area contributed by atoms with Crippen LogP contribution in [0.5, 0.6) is 0 Å². The molecular weight excluding hydrogens is 296 g/mol. The second-order valence-electron chi connectivity index (χ2n) is 10.4. The molecule has 1 atom stereocenters. The standard InChI is InChI=1S/C21H38N2O/c1-15(9-12-19(3,4)5)23-18(24)16(2)22-21(23)13-10-17(11-14-21)20(6,7)8/h15,17H,9-14H2,1-8H3. The van der Waals surface area contributed by atoms with Gasteiger partial charge in [0.1, 0.15) is 5.66 Å². The van der Waals surface area contributed by atoms with Crippen LogP contribution >= 0.6 is 0 Å². The summed E-state index contributed by atoms with van der Waals surface area (Å²) in [6, 6.07) is 0.268. The second-order valence-corrected chi connectivity index (χ2v) is 10.4. The Morgan fingerprint density at radius 1 is 1.17 bits per heavy atom. The summed E-state index contributed by atoms with van der Waals surface area (Å²) in [7, 11) is 0. The van der Waals surface area contributed by atoms with Crippen LogP contribution in [0.2, 0.25) is 0 Å². The zero-order valence-electron chi connectivity index (χ0n) is 17.2. The largest absolute Gasteiger partial charge is 0.310 e.